The molecule has 1 saturated heterocycles. The van der Waals surface area contributed by atoms with Crippen molar-refractivity contribution < 1.29 is 27.1 Å². The maximum atomic E-state index is 13.5. The fourth-order valence-electron chi connectivity index (χ4n) is 4.53. The van der Waals surface area contributed by atoms with Gasteiger partial charge < -0.3 is 14.4 Å². The van der Waals surface area contributed by atoms with Gasteiger partial charge in [0, 0.05) is 39.1 Å². The monoisotopic (exact) mass is 471 g/mol. The molecule has 1 aromatic rings. The summed E-state index contributed by atoms with van der Waals surface area (Å²) in [6.07, 6.45) is 3.71. The number of likely N-dealkylation sites (tertiary alicyclic amines) is 1. The summed E-state index contributed by atoms with van der Waals surface area (Å²) >= 11 is 0. The Morgan fingerprint density at radius 1 is 1.22 bits per heavy atom. The van der Waals surface area contributed by atoms with Crippen molar-refractivity contribution in [3.05, 3.63) is 35.6 Å². The molecule has 1 heterocycles. The summed E-state index contributed by atoms with van der Waals surface area (Å²) in [6, 6.07) is 6.46. The highest BCUT2D eigenvalue weighted by Crippen LogP contribution is 2.34. The van der Waals surface area contributed by atoms with Gasteiger partial charge in [-0.05, 0) is 55.7 Å². The molecule has 0 aromatic heterocycles. The molecule has 32 heavy (non-hydrogen) atoms. The largest absolute Gasteiger partial charge is 0.453 e. The molecule has 8 nitrogen and oxygen atoms in total. The van der Waals surface area contributed by atoms with E-state index < -0.39 is 16.3 Å². The third-order valence-corrected chi connectivity index (χ3v) is 8.05. The normalized spacial score (nSPS) is 26.8. The van der Waals surface area contributed by atoms with E-state index in [-0.39, 0.29) is 23.9 Å². The zero-order valence-corrected chi connectivity index (χ0v) is 19.8. The van der Waals surface area contributed by atoms with Crippen LogP contribution in [0.4, 0.5) is 9.18 Å². The molecule has 1 aliphatic carbocycles. The Labute approximate surface area is 190 Å². The van der Waals surface area contributed by atoms with E-state index >= 15 is 0 Å². The number of hydrogen-bond donors (Lipinski definition) is 1. The Kier molecular flexibility index (Phi) is 8.49. The predicted octanol–water partition coefficient (Wildman–Crippen LogP) is 2.72. The molecular formula is C22H34FN3O5S. The maximum Gasteiger partial charge on any atom is 0.409 e. The molecule has 2 aliphatic rings. The molecule has 3 rings (SSSR count). The van der Waals surface area contributed by atoms with Crippen LogP contribution in [0, 0.1) is 11.7 Å². The number of rotatable bonds is 7. The first kappa shape index (κ1) is 24.9. The molecule has 0 bridgehead atoms. The third kappa shape index (κ3) is 6.40. The van der Waals surface area contributed by atoms with Crippen LogP contribution in [0.15, 0.2) is 24.3 Å². The molecule has 0 radical (unpaired) electrons. The smallest absolute Gasteiger partial charge is 0.409 e. The van der Waals surface area contributed by atoms with Crippen LogP contribution < -0.4 is 4.72 Å². The Hall–Kier alpha value is -1.75. The average Bonchev–Trinajstić information content (AvgIpc) is 2.78. The number of piperidine rings is 1. The van der Waals surface area contributed by atoms with Gasteiger partial charge in [0.05, 0.1) is 19.8 Å². The number of hydrogen-bond acceptors (Lipinski definition) is 5. The van der Waals surface area contributed by atoms with Gasteiger partial charge in [0.15, 0.2) is 0 Å². The summed E-state index contributed by atoms with van der Waals surface area (Å²) in [4.78, 5) is 13.6. The molecule has 2 fully saturated rings. The minimum atomic E-state index is -3.60. The quantitative estimate of drug-likeness (QED) is 0.661. The Bertz CT molecular complexity index is 874. The van der Waals surface area contributed by atoms with E-state index in [1.807, 2.05) is 6.07 Å². The van der Waals surface area contributed by atoms with Gasteiger partial charge in [-0.3, -0.25) is 0 Å². The average molecular weight is 472 g/mol. The predicted molar refractivity (Wildman–Crippen MR) is 119 cm³/mol. The highest BCUT2D eigenvalue weighted by molar-refractivity contribution is 7.87. The van der Waals surface area contributed by atoms with E-state index in [0.717, 1.165) is 35.6 Å². The Balaban J connectivity index is 1.57. The number of benzene rings is 1. The molecule has 1 amide bonds. The van der Waals surface area contributed by atoms with Gasteiger partial charge in [-0.2, -0.15) is 17.4 Å². The second kappa shape index (κ2) is 10.9. The van der Waals surface area contributed by atoms with E-state index in [1.54, 1.807) is 17.0 Å². The topological polar surface area (TPSA) is 88.2 Å². The summed E-state index contributed by atoms with van der Waals surface area (Å²) in [7, 11) is 0.704. The van der Waals surface area contributed by atoms with Crippen LogP contribution >= 0.6 is 0 Å². The molecule has 180 valence electrons. The van der Waals surface area contributed by atoms with Gasteiger partial charge in [-0.15, -0.1) is 0 Å². The van der Waals surface area contributed by atoms with Gasteiger partial charge in [-0.25, -0.2) is 9.18 Å². The van der Waals surface area contributed by atoms with E-state index in [4.69, 9.17) is 9.47 Å². The maximum absolute atomic E-state index is 13.5. The molecule has 0 spiro atoms. The molecule has 1 saturated carbocycles. The van der Waals surface area contributed by atoms with Crippen LogP contribution in [0.5, 0.6) is 0 Å². The Morgan fingerprint density at radius 2 is 1.94 bits per heavy atom. The minimum absolute atomic E-state index is 0.0689. The first-order valence-corrected chi connectivity index (χ1v) is 12.5. The SMILES string of the molecule is COC(=O)N1CC[C@H](NS(=O)(=O)N(C)C)[C@H](CO[C@H]2CC[C@@H](c3cccc(F)c3)CC2)C1. The third-order valence-electron chi connectivity index (χ3n) is 6.49. The van der Waals surface area contributed by atoms with E-state index in [2.05, 4.69) is 4.72 Å². The van der Waals surface area contributed by atoms with E-state index in [9.17, 15) is 17.6 Å². The van der Waals surface area contributed by atoms with Crippen molar-refractivity contribution in [2.75, 3.05) is 40.9 Å². The lowest BCUT2D eigenvalue weighted by Crippen LogP contribution is -2.55. The van der Waals surface area contributed by atoms with Crippen molar-refractivity contribution in [3.63, 3.8) is 0 Å². The number of ether oxygens (including phenoxy) is 2. The number of methoxy groups -OCH3 is 1. The second-order valence-electron chi connectivity index (χ2n) is 8.84. The van der Waals surface area contributed by atoms with Crippen molar-refractivity contribution in [1.82, 2.24) is 13.9 Å². The van der Waals surface area contributed by atoms with Crippen LogP contribution in [-0.4, -0.2) is 76.8 Å². The van der Waals surface area contributed by atoms with Crippen LogP contribution in [-0.2, 0) is 19.7 Å². The molecule has 2 atom stereocenters. The first-order valence-electron chi connectivity index (χ1n) is 11.1. The van der Waals surface area contributed by atoms with Gasteiger partial charge in [-0.1, -0.05) is 12.1 Å². The number of carbonyl (C=O) groups is 1. The first-order chi connectivity index (χ1) is 15.2. The van der Waals surface area contributed by atoms with Gasteiger partial charge in [0.2, 0.25) is 0 Å². The van der Waals surface area contributed by atoms with Crippen LogP contribution in [0.3, 0.4) is 0 Å². The van der Waals surface area contributed by atoms with Crippen molar-refractivity contribution in [2.24, 2.45) is 5.92 Å². The number of nitrogens with one attached hydrogen (secondary N) is 1. The summed E-state index contributed by atoms with van der Waals surface area (Å²) in [6.45, 7) is 1.14. The molecule has 1 aromatic carbocycles. The number of amides is 1. The standard InChI is InChI=1S/C22H34FN3O5S/c1-25(2)32(28,29)24-21-11-12-26(22(27)30-3)14-18(21)15-31-20-9-7-16(8-10-20)17-5-4-6-19(23)13-17/h4-6,13,16,18,20-21,24H,7-12,14-15H2,1-3H3/t16-,18-,20+,21-/m0/s1. The van der Waals surface area contributed by atoms with E-state index in [1.165, 1.54) is 27.3 Å². The van der Waals surface area contributed by atoms with Crippen molar-refractivity contribution >= 4 is 16.3 Å². The summed E-state index contributed by atoms with van der Waals surface area (Å²) < 4.78 is 53.2. The summed E-state index contributed by atoms with van der Waals surface area (Å²) in [5.74, 6) is -0.0623. The van der Waals surface area contributed by atoms with Gasteiger partial charge >= 0.3 is 6.09 Å². The lowest BCUT2D eigenvalue weighted by molar-refractivity contribution is -0.0159. The fourth-order valence-corrected chi connectivity index (χ4v) is 5.43. The fraction of sp³-hybridized carbons (Fsp3) is 0.682. The minimum Gasteiger partial charge on any atom is -0.453 e. The number of carbonyl (C=O) groups excluding carboxylic acids is 1. The Morgan fingerprint density at radius 3 is 2.56 bits per heavy atom. The van der Waals surface area contributed by atoms with Crippen LogP contribution in [0.1, 0.15) is 43.6 Å². The van der Waals surface area contributed by atoms with Crippen LogP contribution in [0.2, 0.25) is 0 Å². The molecule has 1 aliphatic heterocycles. The molecule has 10 heteroatoms. The van der Waals surface area contributed by atoms with Gasteiger partial charge in [0.25, 0.3) is 10.2 Å². The zero-order chi connectivity index (χ0) is 23.3. The van der Waals surface area contributed by atoms with E-state index in [0.29, 0.717) is 32.0 Å². The highest BCUT2D eigenvalue weighted by Gasteiger charge is 2.36. The van der Waals surface area contributed by atoms with Gasteiger partial charge in [0.1, 0.15) is 5.82 Å². The highest BCUT2D eigenvalue weighted by atomic mass is 32.2. The van der Waals surface area contributed by atoms with Crippen molar-refractivity contribution in [3.8, 4) is 0 Å². The summed E-state index contributed by atoms with van der Waals surface area (Å²) in [5, 5.41) is 0. The lowest BCUT2D eigenvalue weighted by atomic mass is 9.82. The van der Waals surface area contributed by atoms with Crippen molar-refractivity contribution in [1.29, 1.82) is 0 Å². The second-order valence-corrected chi connectivity index (χ2v) is 10.8. The molecule has 1 N–H and O–H groups in total. The molecule has 0 unspecified atom stereocenters. The lowest BCUT2D eigenvalue weighted by Gasteiger charge is -2.39. The van der Waals surface area contributed by atoms with Crippen LogP contribution in [0.25, 0.3) is 0 Å². The molecular weight excluding hydrogens is 437 g/mol. The summed E-state index contributed by atoms with van der Waals surface area (Å²) in [5.41, 5.74) is 1.03. The van der Waals surface area contributed by atoms with Crippen molar-refractivity contribution in [2.45, 2.75) is 50.2 Å². The number of halogens is 1. The number of nitrogens with zero attached hydrogens (tertiary/aromatic N) is 2. The zero-order valence-electron chi connectivity index (χ0n) is 19.0.